The monoisotopic (exact) mass is 360 g/mol. The Kier molecular flexibility index (Phi) is 3.25. The summed E-state index contributed by atoms with van der Waals surface area (Å²) in [5.41, 5.74) is -2.29. The highest BCUT2D eigenvalue weighted by atomic mass is 16.7. The molecule has 0 aliphatic carbocycles. The van der Waals surface area contributed by atoms with Crippen molar-refractivity contribution in [3.05, 3.63) is 35.6 Å². The zero-order valence-corrected chi connectivity index (χ0v) is 14.8. The lowest BCUT2D eigenvalue weighted by molar-refractivity contribution is -0.219. The van der Waals surface area contributed by atoms with Crippen LogP contribution in [-0.4, -0.2) is 46.7 Å². The molecular formula is C19H20O7. The van der Waals surface area contributed by atoms with Crippen molar-refractivity contribution in [2.24, 2.45) is 11.3 Å². The van der Waals surface area contributed by atoms with Gasteiger partial charge in [0, 0.05) is 24.0 Å². The molecule has 0 aromatic rings. The molecule has 2 saturated heterocycles. The molecule has 7 heteroatoms. The van der Waals surface area contributed by atoms with E-state index < -0.39 is 40.9 Å². The minimum absolute atomic E-state index is 0.106. The van der Waals surface area contributed by atoms with Crippen LogP contribution in [0.15, 0.2) is 35.6 Å². The summed E-state index contributed by atoms with van der Waals surface area (Å²) in [6, 6.07) is 0. The molecule has 26 heavy (non-hydrogen) atoms. The number of ether oxygens (including phenoxy) is 3. The molecule has 138 valence electrons. The molecule has 0 aromatic heterocycles. The van der Waals surface area contributed by atoms with Crippen molar-refractivity contribution < 1.29 is 33.7 Å². The molecule has 4 heterocycles. The molecule has 0 saturated carbocycles. The summed E-state index contributed by atoms with van der Waals surface area (Å²) in [7, 11) is 0. The van der Waals surface area contributed by atoms with Crippen LogP contribution in [0, 0.1) is 11.3 Å². The van der Waals surface area contributed by atoms with E-state index >= 15 is 0 Å². The fourth-order valence-corrected chi connectivity index (χ4v) is 4.58. The van der Waals surface area contributed by atoms with Gasteiger partial charge in [-0.05, 0) is 32.4 Å². The first kappa shape index (κ1) is 17.2. The average Bonchev–Trinajstić information content (AvgIpc) is 3.09. The van der Waals surface area contributed by atoms with Crippen LogP contribution in [0.2, 0.25) is 0 Å². The standard InChI is InChI=1S/C19H20O7/c1-9-5-12-15-13(7-17(3)14(21)6-11(9)25-17)26-19(23,10(2)8-20)18(15,4)16(22)24-12/h5-6,8,12-13,15,23H,2,7H2,1,3-4H3. The number of ketones is 1. The third-order valence-electron chi connectivity index (χ3n) is 6.20. The van der Waals surface area contributed by atoms with E-state index in [9.17, 15) is 19.5 Å². The zero-order chi connectivity index (χ0) is 19.1. The van der Waals surface area contributed by atoms with Gasteiger partial charge in [-0.2, -0.15) is 0 Å². The average molecular weight is 360 g/mol. The molecule has 0 aromatic carbocycles. The molecule has 0 spiro atoms. The van der Waals surface area contributed by atoms with Gasteiger partial charge in [0.05, 0.1) is 6.10 Å². The van der Waals surface area contributed by atoms with E-state index in [1.807, 2.05) is 0 Å². The fraction of sp³-hybridized carbons (Fsp3) is 0.526. The predicted molar refractivity (Wildman–Crippen MR) is 87.5 cm³/mol. The van der Waals surface area contributed by atoms with Crippen LogP contribution < -0.4 is 0 Å². The van der Waals surface area contributed by atoms with Crippen LogP contribution in [0.25, 0.3) is 0 Å². The molecule has 2 bridgehead atoms. The van der Waals surface area contributed by atoms with Crippen molar-refractivity contribution in [3.63, 3.8) is 0 Å². The molecule has 6 unspecified atom stereocenters. The highest BCUT2D eigenvalue weighted by Gasteiger charge is 2.74. The number of esters is 1. The van der Waals surface area contributed by atoms with Crippen molar-refractivity contribution in [1.82, 2.24) is 0 Å². The second-order valence-corrected chi connectivity index (χ2v) is 7.80. The lowest BCUT2D eigenvalue weighted by Crippen LogP contribution is -2.50. The van der Waals surface area contributed by atoms with Crippen molar-refractivity contribution >= 4 is 18.0 Å². The van der Waals surface area contributed by atoms with Crippen molar-refractivity contribution in [2.75, 3.05) is 0 Å². The number of rotatable bonds is 2. The molecule has 4 aliphatic heterocycles. The first-order valence-corrected chi connectivity index (χ1v) is 8.46. The molecule has 0 radical (unpaired) electrons. The third-order valence-corrected chi connectivity index (χ3v) is 6.20. The van der Waals surface area contributed by atoms with Gasteiger partial charge in [0.15, 0.2) is 11.9 Å². The maximum atomic E-state index is 12.7. The number of carbonyl (C=O) groups excluding carboxylic acids is 3. The van der Waals surface area contributed by atoms with Crippen molar-refractivity contribution in [3.8, 4) is 0 Å². The summed E-state index contributed by atoms with van der Waals surface area (Å²) in [4.78, 5) is 36.5. The Hall–Kier alpha value is -2.25. The van der Waals surface area contributed by atoms with Gasteiger partial charge in [-0.3, -0.25) is 14.4 Å². The van der Waals surface area contributed by atoms with Crippen LogP contribution in [0.4, 0.5) is 0 Å². The smallest absolute Gasteiger partial charge is 0.318 e. The summed E-state index contributed by atoms with van der Waals surface area (Å²) in [6.45, 7) is 8.49. The van der Waals surface area contributed by atoms with E-state index in [1.165, 1.54) is 13.0 Å². The van der Waals surface area contributed by atoms with Gasteiger partial charge < -0.3 is 19.3 Å². The van der Waals surface area contributed by atoms with Crippen LogP contribution in [-0.2, 0) is 28.6 Å². The van der Waals surface area contributed by atoms with Crippen LogP contribution >= 0.6 is 0 Å². The summed E-state index contributed by atoms with van der Waals surface area (Å²) in [6.07, 6.45) is 2.19. The van der Waals surface area contributed by atoms with Gasteiger partial charge in [-0.15, -0.1) is 0 Å². The Labute approximate surface area is 150 Å². The van der Waals surface area contributed by atoms with E-state index in [4.69, 9.17) is 14.2 Å². The highest BCUT2D eigenvalue weighted by Crippen LogP contribution is 2.60. The fourth-order valence-electron chi connectivity index (χ4n) is 4.58. The predicted octanol–water partition coefficient (Wildman–Crippen LogP) is 0.969. The number of allylic oxidation sites excluding steroid dienone is 1. The van der Waals surface area contributed by atoms with Gasteiger partial charge in [0.25, 0.3) is 0 Å². The number of hydrogen-bond acceptors (Lipinski definition) is 7. The van der Waals surface area contributed by atoms with Crippen LogP contribution in [0.5, 0.6) is 0 Å². The molecular weight excluding hydrogens is 340 g/mol. The van der Waals surface area contributed by atoms with Crippen molar-refractivity contribution in [1.29, 1.82) is 0 Å². The minimum atomic E-state index is -2.20. The SMILES string of the molecule is C=C(C=O)C1(O)OC2CC3(C)OC(=CC3=O)C(C)=CC3OC(=O)C1(C)C32. The van der Waals surface area contributed by atoms with Gasteiger partial charge in [0.2, 0.25) is 11.6 Å². The largest absolute Gasteiger partial charge is 0.479 e. The number of carbonyl (C=O) groups is 3. The Morgan fingerprint density at radius 3 is 2.73 bits per heavy atom. The Balaban J connectivity index is 1.90. The van der Waals surface area contributed by atoms with E-state index in [2.05, 4.69) is 6.58 Å². The molecule has 7 nitrogen and oxygen atoms in total. The topological polar surface area (TPSA) is 99.1 Å². The second-order valence-electron chi connectivity index (χ2n) is 7.80. The number of fused-ring (bicyclic) bond motifs is 2. The van der Waals surface area contributed by atoms with E-state index in [0.29, 0.717) is 17.6 Å². The number of hydrogen-bond donors (Lipinski definition) is 1. The zero-order valence-electron chi connectivity index (χ0n) is 14.8. The van der Waals surface area contributed by atoms with E-state index in [-0.39, 0.29) is 17.8 Å². The van der Waals surface area contributed by atoms with Gasteiger partial charge in [-0.25, -0.2) is 0 Å². The van der Waals surface area contributed by atoms with Crippen molar-refractivity contribution in [2.45, 2.75) is 50.8 Å². The molecule has 4 rings (SSSR count). The summed E-state index contributed by atoms with van der Waals surface area (Å²) >= 11 is 0. The highest BCUT2D eigenvalue weighted by molar-refractivity contribution is 6.00. The van der Waals surface area contributed by atoms with Gasteiger partial charge in [0.1, 0.15) is 17.3 Å². The van der Waals surface area contributed by atoms with E-state index in [1.54, 1.807) is 19.9 Å². The third kappa shape index (κ3) is 1.82. The molecule has 4 aliphatic rings. The first-order chi connectivity index (χ1) is 12.1. The quantitative estimate of drug-likeness (QED) is 0.445. The lowest BCUT2D eigenvalue weighted by atomic mass is 9.67. The Morgan fingerprint density at radius 2 is 2.08 bits per heavy atom. The first-order valence-electron chi connectivity index (χ1n) is 8.46. The minimum Gasteiger partial charge on any atom is -0.479 e. The van der Waals surface area contributed by atoms with Gasteiger partial charge in [-0.1, -0.05) is 6.58 Å². The Bertz CT molecular complexity index is 824. The molecule has 2 fully saturated rings. The molecule has 0 amide bonds. The summed E-state index contributed by atoms with van der Waals surface area (Å²) < 4.78 is 17.3. The van der Waals surface area contributed by atoms with Crippen LogP contribution in [0.3, 0.4) is 0 Å². The summed E-state index contributed by atoms with van der Waals surface area (Å²) in [5, 5.41) is 11.1. The normalized spacial score (nSPS) is 46.2. The van der Waals surface area contributed by atoms with Gasteiger partial charge >= 0.3 is 5.97 Å². The maximum Gasteiger partial charge on any atom is 0.318 e. The summed E-state index contributed by atoms with van der Waals surface area (Å²) in [5.74, 6) is -3.23. The molecule has 1 N–H and O–H groups in total. The molecule has 6 atom stereocenters. The second kappa shape index (κ2) is 4.92. The lowest BCUT2D eigenvalue weighted by Gasteiger charge is -2.33. The number of aliphatic hydroxyl groups is 1. The van der Waals surface area contributed by atoms with E-state index in [0.717, 1.165) is 0 Å². The Morgan fingerprint density at radius 1 is 1.38 bits per heavy atom. The number of aldehydes is 1. The maximum absolute atomic E-state index is 12.7. The van der Waals surface area contributed by atoms with Crippen LogP contribution in [0.1, 0.15) is 27.2 Å².